The van der Waals surface area contributed by atoms with Gasteiger partial charge >= 0.3 is 0 Å². The molecule has 2 unspecified atom stereocenters. The lowest BCUT2D eigenvalue weighted by Gasteiger charge is -2.32. The van der Waals surface area contributed by atoms with Gasteiger partial charge in [-0.15, -0.1) is 24.0 Å². The highest BCUT2D eigenvalue weighted by Crippen LogP contribution is 2.33. The fourth-order valence-electron chi connectivity index (χ4n) is 3.25. The van der Waals surface area contributed by atoms with E-state index >= 15 is 0 Å². The largest absolute Gasteiger partial charge is 0.373 e. The van der Waals surface area contributed by atoms with Crippen LogP contribution in [0, 0.1) is 12.8 Å². The lowest BCUT2D eigenvalue weighted by atomic mass is 9.89. The van der Waals surface area contributed by atoms with Gasteiger partial charge in [-0.05, 0) is 38.7 Å². The molecule has 1 aliphatic heterocycles. The molecule has 3 N–H and O–H groups in total. The lowest BCUT2D eigenvalue weighted by Crippen LogP contribution is -2.42. The van der Waals surface area contributed by atoms with E-state index in [2.05, 4.69) is 51.5 Å². The van der Waals surface area contributed by atoms with Crippen LogP contribution in [0.15, 0.2) is 29.3 Å². The molecule has 0 amide bonds. The van der Waals surface area contributed by atoms with E-state index in [9.17, 15) is 8.42 Å². The Morgan fingerprint density at radius 3 is 2.59 bits per heavy atom. The van der Waals surface area contributed by atoms with Gasteiger partial charge < -0.3 is 15.4 Å². The molecule has 1 aliphatic rings. The molecule has 1 aromatic carbocycles. The zero-order chi connectivity index (χ0) is 20.4. The van der Waals surface area contributed by atoms with Gasteiger partial charge in [-0.3, -0.25) is 4.99 Å². The van der Waals surface area contributed by atoms with Crippen LogP contribution in [0.3, 0.4) is 0 Å². The summed E-state index contributed by atoms with van der Waals surface area (Å²) < 4.78 is 31.5. The normalized spacial score (nSPS) is 20.0. The van der Waals surface area contributed by atoms with Gasteiger partial charge in [0, 0.05) is 39.2 Å². The molecule has 0 aliphatic carbocycles. The molecular formula is C20H35IN4O3S. The second-order valence-electron chi connectivity index (χ2n) is 7.14. The Kier molecular flexibility index (Phi) is 12.1. The van der Waals surface area contributed by atoms with Crippen molar-refractivity contribution in [3.05, 3.63) is 35.4 Å². The summed E-state index contributed by atoms with van der Waals surface area (Å²) in [5.74, 6) is 1.22. The van der Waals surface area contributed by atoms with E-state index in [1.807, 2.05) is 0 Å². The molecule has 2 atom stereocenters. The molecule has 1 aromatic rings. The number of nitrogens with one attached hydrogen (secondary N) is 3. The van der Waals surface area contributed by atoms with Crippen LogP contribution >= 0.6 is 24.0 Å². The van der Waals surface area contributed by atoms with Crippen LogP contribution in [0.25, 0.3) is 0 Å². The minimum Gasteiger partial charge on any atom is -0.373 e. The van der Waals surface area contributed by atoms with Gasteiger partial charge in [0.15, 0.2) is 5.96 Å². The Morgan fingerprint density at radius 1 is 1.21 bits per heavy atom. The van der Waals surface area contributed by atoms with Crippen molar-refractivity contribution < 1.29 is 13.2 Å². The Hall–Kier alpha value is -0.910. The van der Waals surface area contributed by atoms with E-state index in [1.165, 1.54) is 11.1 Å². The maximum absolute atomic E-state index is 11.4. The topological polar surface area (TPSA) is 91.8 Å². The van der Waals surface area contributed by atoms with Gasteiger partial charge in [0.05, 0.1) is 11.9 Å². The second kappa shape index (κ2) is 13.4. The average Bonchev–Trinajstić information content (AvgIpc) is 2.71. The third-order valence-corrected chi connectivity index (χ3v) is 6.36. The van der Waals surface area contributed by atoms with Crippen LogP contribution in [0.4, 0.5) is 0 Å². The predicted octanol–water partition coefficient (Wildman–Crippen LogP) is 2.58. The summed E-state index contributed by atoms with van der Waals surface area (Å²) in [6, 6.07) is 8.57. The third-order valence-electron chi connectivity index (χ3n) is 4.95. The molecule has 166 valence electrons. The monoisotopic (exact) mass is 538 g/mol. The van der Waals surface area contributed by atoms with Crippen molar-refractivity contribution in [2.45, 2.75) is 39.2 Å². The quantitative estimate of drug-likeness (QED) is 0.195. The van der Waals surface area contributed by atoms with Crippen molar-refractivity contribution in [1.29, 1.82) is 0 Å². The van der Waals surface area contributed by atoms with Crippen molar-refractivity contribution in [2.24, 2.45) is 10.9 Å². The standard InChI is InChI=1S/C20H34N4O3S.HI/c1-4-28(25,26)24-13-6-12-22-20(21-3)23-15-18-7-5-14-27-19(18)17-10-8-16(2)9-11-17;/h8-11,18-19,24H,4-7,12-15H2,1-3H3,(H2,21,22,23);1H. The van der Waals surface area contributed by atoms with Crippen LogP contribution in [0.1, 0.15) is 43.4 Å². The number of sulfonamides is 1. The van der Waals surface area contributed by atoms with Crippen molar-refractivity contribution in [3.63, 3.8) is 0 Å². The molecule has 9 heteroatoms. The predicted molar refractivity (Wildman–Crippen MR) is 129 cm³/mol. The van der Waals surface area contributed by atoms with Crippen LogP contribution in [0.2, 0.25) is 0 Å². The molecule has 0 spiro atoms. The average molecular weight is 538 g/mol. The highest BCUT2D eigenvalue weighted by atomic mass is 127. The zero-order valence-electron chi connectivity index (χ0n) is 17.6. The summed E-state index contributed by atoms with van der Waals surface area (Å²) in [6.45, 7) is 6.37. The molecular weight excluding hydrogens is 503 g/mol. The maximum Gasteiger partial charge on any atom is 0.211 e. The molecule has 29 heavy (non-hydrogen) atoms. The molecule has 0 aromatic heterocycles. The van der Waals surface area contributed by atoms with Crippen molar-refractivity contribution in [2.75, 3.05) is 39.0 Å². The molecule has 2 rings (SSSR count). The number of ether oxygens (including phenoxy) is 1. The summed E-state index contributed by atoms with van der Waals surface area (Å²) in [7, 11) is -1.38. The number of aryl methyl sites for hydroxylation is 1. The Labute approximate surface area is 192 Å². The summed E-state index contributed by atoms with van der Waals surface area (Å²) in [4.78, 5) is 4.26. The first-order valence-electron chi connectivity index (χ1n) is 10.0. The van der Waals surface area contributed by atoms with Crippen molar-refractivity contribution >= 4 is 40.0 Å². The van der Waals surface area contributed by atoms with Crippen LogP contribution in [-0.2, 0) is 14.8 Å². The minimum absolute atomic E-state index is 0. The zero-order valence-corrected chi connectivity index (χ0v) is 20.8. The van der Waals surface area contributed by atoms with Crippen molar-refractivity contribution in [3.8, 4) is 0 Å². The molecule has 0 bridgehead atoms. The number of rotatable bonds is 9. The van der Waals surface area contributed by atoms with E-state index in [0.717, 1.165) is 32.0 Å². The number of hydrogen-bond donors (Lipinski definition) is 3. The number of guanidine groups is 1. The first-order valence-corrected chi connectivity index (χ1v) is 11.7. The molecule has 1 heterocycles. The minimum atomic E-state index is -3.12. The van der Waals surface area contributed by atoms with Gasteiger partial charge in [0.2, 0.25) is 10.0 Å². The maximum atomic E-state index is 11.4. The Bertz CT molecular complexity index is 726. The lowest BCUT2D eigenvalue weighted by molar-refractivity contribution is -0.0265. The summed E-state index contributed by atoms with van der Waals surface area (Å²) in [5, 5.41) is 6.63. The van der Waals surface area contributed by atoms with Crippen LogP contribution in [-0.4, -0.2) is 53.4 Å². The van der Waals surface area contributed by atoms with Crippen LogP contribution < -0.4 is 15.4 Å². The van der Waals surface area contributed by atoms with Gasteiger partial charge in [-0.1, -0.05) is 29.8 Å². The van der Waals surface area contributed by atoms with E-state index in [-0.39, 0.29) is 35.8 Å². The Morgan fingerprint density at radius 2 is 1.93 bits per heavy atom. The number of hydrogen-bond acceptors (Lipinski definition) is 4. The van der Waals surface area contributed by atoms with Gasteiger partial charge in [-0.2, -0.15) is 0 Å². The molecule has 0 radical (unpaired) electrons. The SMILES string of the molecule is CCS(=O)(=O)NCCCNC(=NC)NCC1CCCOC1c1ccc(C)cc1.I. The molecule has 1 fully saturated rings. The van der Waals surface area contributed by atoms with Crippen molar-refractivity contribution in [1.82, 2.24) is 15.4 Å². The van der Waals surface area contributed by atoms with E-state index in [0.29, 0.717) is 25.4 Å². The molecule has 1 saturated heterocycles. The second-order valence-corrected chi connectivity index (χ2v) is 9.23. The fraction of sp³-hybridized carbons (Fsp3) is 0.650. The van der Waals surface area contributed by atoms with E-state index in [4.69, 9.17) is 4.74 Å². The first kappa shape index (κ1) is 26.1. The molecule has 7 nitrogen and oxygen atoms in total. The van der Waals surface area contributed by atoms with Crippen LogP contribution in [0.5, 0.6) is 0 Å². The van der Waals surface area contributed by atoms with Gasteiger partial charge in [0.25, 0.3) is 0 Å². The number of benzene rings is 1. The fourth-order valence-corrected chi connectivity index (χ4v) is 3.91. The summed E-state index contributed by atoms with van der Waals surface area (Å²) in [5.41, 5.74) is 2.48. The smallest absolute Gasteiger partial charge is 0.211 e. The Balaban J connectivity index is 0.00000420. The van der Waals surface area contributed by atoms with E-state index in [1.54, 1.807) is 14.0 Å². The summed E-state index contributed by atoms with van der Waals surface area (Å²) in [6.07, 6.45) is 2.97. The van der Waals surface area contributed by atoms with Gasteiger partial charge in [0.1, 0.15) is 0 Å². The molecule has 0 saturated carbocycles. The number of halogens is 1. The highest BCUT2D eigenvalue weighted by molar-refractivity contribution is 14.0. The van der Waals surface area contributed by atoms with E-state index < -0.39 is 10.0 Å². The number of nitrogens with zero attached hydrogens (tertiary/aromatic N) is 1. The number of aliphatic imine (C=N–C) groups is 1. The van der Waals surface area contributed by atoms with Gasteiger partial charge in [-0.25, -0.2) is 13.1 Å². The summed E-state index contributed by atoms with van der Waals surface area (Å²) >= 11 is 0. The third kappa shape index (κ3) is 9.18. The highest BCUT2D eigenvalue weighted by Gasteiger charge is 2.27. The first-order chi connectivity index (χ1) is 13.4.